The molecule has 0 saturated heterocycles. The van der Waals surface area contributed by atoms with Gasteiger partial charge < -0.3 is 10.6 Å². The molecule has 1 aromatic carbocycles. The van der Waals surface area contributed by atoms with E-state index in [0.717, 1.165) is 12.2 Å². The van der Waals surface area contributed by atoms with Crippen molar-refractivity contribution in [1.29, 1.82) is 0 Å². The highest BCUT2D eigenvalue weighted by Gasteiger charge is 2.21. The van der Waals surface area contributed by atoms with Gasteiger partial charge in [0.05, 0.1) is 0 Å². The predicted molar refractivity (Wildman–Crippen MR) is 65.2 cm³/mol. The summed E-state index contributed by atoms with van der Waals surface area (Å²) in [5.74, 6) is 0. The molecule has 0 fully saturated rings. The van der Waals surface area contributed by atoms with Gasteiger partial charge in [0.15, 0.2) is 0 Å². The molecule has 1 heterocycles. The largest absolute Gasteiger partial charge is 0.398 e. The smallest absolute Gasteiger partial charge is 0.0436 e. The highest BCUT2D eigenvalue weighted by molar-refractivity contribution is 5.68. The van der Waals surface area contributed by atoms with Gasteiger partial charge in [-0.15, -0.1) is 0 Å². The second-order valence-corrected chi connectivity index (χ2v) is 5.03. The van der Waals surface area contributed by atoms with E-state index in [4.69, 9.17) is 5.73 Å². The second-order valence-electron chi connectivity index (χ2n) is 5.03. The van der Waals surface area contributed by atoms with Gasteiger partial charge in [-0.1, -0.05) is 12.1 Å². The number of fused-ring (bicyclic) bond motifs is 1. The molecule has 0 radical (unpaired) electrons. The molecule has 15 heavy (non-hydrogen) atoms. The van der Waals surface area contributed by atoms with Gasteiger partial charge in [-0.25, -0.2) is 0 Å². The molecule has 0 aromatic heterocycles. The monoisotopic (exact) mass is 202 g/mol. The first-order valence-corrected chi connectivity index (χ1v) is 5.31. The van der Waals surface area contributed by atoms with Crippen molar-refractivity contribution in [2.75, 3.05) is 5.73 Å². The van der Waals surface area contributed by atoms with Gasteiger partial charge in [0, 0.05) is 29.5 Å². The average molecular weight is 202 g/mol. The Hall–Kier alpha value is -1.44. The van der Waals surface area contributed by atoms with Crippen LogP contribution in [0.2, 0.25) is 0 Å². The quantitative estimate of drug-likeness (QED) is 0.655. The first-order chi connectivity index (χ1) is 6.98. The van der Waals surface area contributed by atoms with Gasteiger partial charge in [0.25, 0.3) is 0 Å². The van der Waals surface area contributed by atoms with Gasteiger partial charge in [0.2, 0.25) is 0 Å². The maximum Gasteiger partial charge on any atom is 0.0436 e. The third-order valence-electron chi connectivity index (χ3n) is 2.85. The van der Waals surface area contributed by atoms with Crippen molar-refractivity contribution >= 4 is 11.8 Å². The predicted octanol–water partition coefficient (Wildman–Crippen LogP) is 2.85. The first-order valence-electron chi connectivity index (χ1n) is 5.31. The normalized spacial score (nSPS) is 15.3. The van der Waals surface area contributed by atoms with E-state index < -0.39 is 0 Å². The number of benzene rings is 1. The fourth-order valence-corrected chi connectivity index (χ4v) is 1.84. The van der Waals surface area contributed by atoms with Crippen molar-refractivity contribution < 1.29 is 0 Å². The van der Waals surface area contributed by atoms with Crippen LogP contribution in [-0.2, 0) is 6.54 Å². The molecule has 0 amide bonds. The fraction of sp³-hybridized carbons (Fsp3) is 0.385. The Labute approximate surface area is 91.4 Å². The fourth-order valence-electron chi connectivity index (χ4n) is 1.84. The van der Waals surface area contributed by atoms with Gasteiger partial charge in [-0.3, -0.25) is 0 Å². The van der Waals surface area contributed by atoms with Crippen LogP contribution in [0.1, 0.15) is 31.9 Å². The van der Waals surface area contributed by atoms with Crippen molar-refractivity contribution in [3.05, 3.63) is 35.5 Å². The Kier molecular flexibility index (Phi) is 2.22. The van der Waals surface area contributed by atoms with Gasteiger partial charge in [-0.2, -0.15) is 0 Å². The Morgan fingerprint density at radius 3 is 2.67 bits per heavy atom. The van der Waals surface area contributed by atoms with E-state index in [-0.39, 0.29) is 5.54 Å². The summed E-state index contributed by atoms with van der Waals surface area (Å²) in [7, 11) is 0. The number of nitrogens with two attached hydrogens (primary N) is 1. The molecule has 0 bridgehead atoms. The molecule has 2 nitrogen and oxygen atoms in total. The second kappa shape index (κ2) is 3.30. The van der Waals surface area contributed by atoms with Gasteiger partial charge >= 0.3 is 0 Å². The molecule has 0 aliphatic carbocycles. The highest BCUT2D eigenvalue weighted by atomic mass is 15.2. The van der Waals surface area contributed by atoms with Crippen LogP contribution in [-0.4, -0.2) is 10.4 Å². The topological polar surface area (TPSA) is 29.3 Å². The summed E-state index contributed by atoms with van der Waals surface area (Å²) in [5.41, 5.74) is 9.46. The Morgan fingerprint density at radius 1 is 1.27 bits per heavy atom. The third kappa shape index (κ3) is 1.84. The summed E-state index contributed by atoms with van der Waals surface area (Å²) >= 11 is 0. The van der Waals surface area contributed by atoms with E-state index in [0.29, 0.717) is 0 Å². The lowest BCUT2D eigenvalue weighted by Gasteiger charge is -2.37. The van der Waals surface area contributed by atoms with Crippen molar-refractivity contribution in [2.24, 2.45) is 0 Å². The zero-order chi connectivity index (χ0) is 11.1. The molecule has 1 aromatic rings. The molecule has 0 atom stereocenters. The lowest BCUT2D eigenvalue weighted by molar-refractivity contribution is 0.197. The molecule has 2 rings (SSSR count). The lowest BCUT2D eigenvalue weighted by atomic mass is 9.98. The van der Waals surface area contributed by atoms with E-state index >= 15 is 0 Å². The third-order valence-corrected chi connectivity index (χ3v) is 2.85. The van der Waals surface area contributed by atoms with E-state index in [1.165, 1.54) is 11.1 Å². The zero-order valence-electron chi connectivity index (χ0n) is 9.62. The number of anilines is 1. The Bertz CT molecular complexity index is 399. The Balaban J connectivity index is 2.37. The van der Waals surface area contributed by atoms with Gasteiger partial charge in [-0.05, 0) is 38.5 Å². The van der Waals surface area contributed by atoms with Crippen molar-refractivity contribution in [3.8, 4) is 0 Å². The SMILES string of the molecule is CC(C)(C)N1C=Cc2c(N)cccc2C1. The van der Waals surface area contributed by atoms with E-state index in [1.54, 1.807) is 0 Å². The maximum absolute atomic E-state index is 5.93. The number of nitrogen functional groups attached to an aromatic ring is 1. The van der Waals surface area contributed by atoms with Crippen LogP contribution in [0.5, 0.6) is 0 Å². The molecule has 2 heteroatoms. The summed E-state index contributed by atoms with van der Waals surface area (Å²) in [6.07, 6.45) is 4.25. The summed E-state index contributed by atoms with van der Waals surface area (Å²) in [4.78, 5) is 2.33. The van der Waals surface area contributed by atoms with Crippen molar-refractivity contribution in [2.45, 2.75) is 32.9 Å². The molecule has 80 valence electrons. The van der Waals surface area contributed by atoms with Crippen LogP contribution >= 0.6 is 0 Å². The van der Waals surface area contributed by atoms with Crippen LogP contribution in [0, 0.1) is 0 Å². The van der Waals surface area contributed by atoms with Crippen LogP contribution < -0.4 is 5.73 Å². The molecular weight excluding hydrogens is 184 g/mol. The highest BCUT2D eigenvalue weighted by Crippen LogP contribution is 2.28. The summed E-state index contributed by atoms with van der Waals surface area (Å²) in [5, 5.41) is 0. The van der Waals surface area contributed by atoms with Crippen LogP contribution in [0.3, 0.4) is 0 Å². The van der Waals surface area contributed by atoms with E-state index in [1.807, 2.05) is 12.1 Å². The standard InChI is InChI=1S/C13H18N2/c1-13(2,3)15-8-7-11-10(9-15)5-4-6-12(11)14/h4-8H,9,14H2,1-3H3. The number of rotatable bonds is 0. The van der Waals surface area contributed by atoms with Crippen LogP contribution in [0.15, 0.2) is 24.4 Å². The minimum atomic E-state index is 0.165. The molecule has 1 aliphatic heterocycles. The molecule has 0 saturated carbocycles. The zero-order valence-corrected chi connectivity index (χ0v) is 9.62. The van der Waals surface area contributed by atoms with Gasteiger partial charge in [0.1, 0.15) is 0 Å². The van der Waals surface area contributed by atoms with Crippen molar-refractivity contribution in [1.82, 2.24) is 4.90 Å². The van der Waals surface area contributed by atoms with Crippen LogP contribution in [0.4, 0.5) is 5.69 Å². The van der Waals surface area contributed by atoms with Crippen LogP contribution in [0.25, 0.3) is 6.08 Å². The number of hydrogen-bond acceptors (Lipinski definition) is 2. The minimum absolute atomic E-state index is 0.165. The summed E-state index contributed by atoms with van der Waals surface area (Å²) in [6.45, 7) is 7.60. The summed E-state index contributed by atoms with van der Waals surface area (Å²) < 4.78 is 0. The molecular formula is C13H18N2. The molecule has 0 spiro atoms. The number of nitrogens with zero attached hydrogens (tertiary/aromatic N) is 1. The van der Waals surface area contributed by atoms with E-state index in [2.05, 4.69) is 44.0 Å². The molecule has 2 N–H and O–H groups in total. The number of hydrogen-bond donors (Lipinski definition) is 1. The average Bonchev–Trinajstić information content (AvgIpc) is 2.16. The first kappa shape index (κ1) is 10.1. The lowest BCUT2D eigenvalue weighted by Crippen LogP contribution is -2.37. The van der Waals surface area contributed by atoms with Crippen molar-refractivity contribution in [3.63, 3.8) is 0 Å². The summed E-state index contributed by atoms with van der Waals surface area (Å²) in [6, 6.07) is 6.12. The minimum Gasteiger partial charge on any atom is -0.398 e. The molecule has 1 aliphatic rings. The maximum atomic E-state index is 5.93. The Morgan fingerprint density at radius 2 is 2.00 bits per heavy atom. The van der Waals surface area contributed by atoms with E-state index in [9.17, 15) is 0 Å². The molecule has 0 unspecified atom stereocenters.